The second-order valence-electron chi connectivity index (χ2n) is 7.18. The first-order chi connectivity index (χ1) is 16.2. The summed E-state index contributed by atoms with van der Waals surface area (Å²) in [5, 5.41) is 7.23. The molecule has 34 heavy (non-hydrogen) atoms. The van der Waals surface area contributed by atoms with E-state index in [0.717, 1.165) is 17.7 Å². The standard InChI is InChI=1S/C24H19F3N4O3/c1-15-7-3-4-8-18(15)22(32)29-23-28-21(19-9-5-6-10-20(19)33-2)30-31(23)16-11-13-17(14-12-16)34-24(25,26)27/h3-14H,1-2H3,(H,28,29,30,32). The minimum absolute atomic E-state index is 0.0821. The molecule has 0 saturated carbocycles. The summed E-state index contributed by atoms with van der Waals surface area (Å²) in [6, 6.07) is 19.2. The zero-order valence-electron chi connectivity index (χ0n) is 18.1. The fourth-order valence-corrected chi connectivity index (χ4v) is 3.30. The van der Waals surface area contributed by atoms with Gasteiger partial charge in [0.05, 0.1) is 18.4 Å². The van der Waals surface area contributed by atoms with Crippen molar-refractivity contribution in [1.82, 2.24) is 14.8 Å². The van der Waals surface area contributed by atoms with E-state index in [1.807, 2.05) is 6.07 Å². The van der Waals surface area contributed by atoms with E-state index in [9.17, 15) is 18.0 Å². The van der Waals surface area contributed by atoms with Crippen LogP contribution in [-0.4, -0.2) is 34.1 Å². The zero-order chi connectivity index (χ0) is 24.3. The minimum Gasteiger partial charge on any atom is -0.496 e. The van der Waals surface area contributed by atoms with Gasteiger partial charge in [-0.2, -0.15) is 9.67 Å². The predicted octanol–water partition coefficient (Wildman–Crippen LogP) is 5.40. The Balaban J connectivity index is 1.75. The number of alkyl halides is 3. The molecular formula is C24H19F3N4O3. The lowest BCUT2D eigenvalue weighted by Crippen LogP contribution is -2.17. The highest BCUT2D eigenvalue weighted by molar-refractivity contribution is 6.04. The summed E-state index contributed by atoms with van der Waals surface area (Å²) in [7, 11) is 1.51. The molecule has 1 heterocycles. The highest BCUT2D eigenvalue weighted by Gasteiger charge is 2.31. The summed E-state index contributed by atoms with van der Waals surface area (Å²) in [5.74, 6) is 0.0688. The molecule has 0 saturated heterocycles. The second-order valence-corrected chi connectivity index (χ2v) is 7.18. The summed E-state index contributed by atoms with van der Waals surface area (Å²) in [6.45, 7) is 1.80. The number of benzene rings is 3. The van der Waals surface area contributed by atoms with Gasteiger partial charge in [0, 0.05) is 5.56 Å². The van der Waals surface area contributed by atoms with Crippen molar-refractivity contribution < 1.29 is 27.4 Å². The normalized spacial score (nSPS) is 11.2. The van der Waals surface area contributed by atoms with Crippen molar-refractivity contribution in [2.24, 2.45) is 0 Å². The molecule has 0 atom stereocenters. The first kappa shape index (κ1) is 22.8. The molecular weight excluding hydrogens is 449 g/mol. The third-order valence-corrected chi connectivity index (χ3v) is 4.88. The predicted molar refractivity (Wildman–Crippen MR) is 119 cm³/mol. The van der Waals surface area contributed by atoms with Gasteiger partial charge in [-0.3, -0.25) is 10.1 Å². The number of aryl methyl sites for hydroxylation is 1. The van der Waals surface area contributed by atoms with E-state index < -0.39 is 12.3 Å². The van der Waals surface area contributed by atoms with E-state index in [1.54, 1.807) is 49.4 Å². The summed E-state index contributed by atoms with van der Waals surface area (Å²) >= 11 is 0. The molecule has 7 nitrogen and oxygen atoms in total. The maximum absolute atomic E-state index is 12.9. The molecule has 0 bridgehead atoms. The van der Waals surface area contributed by atoms with Crippen molar-refractivity contribution in [3.05, 3.63) is 83.9 Å². The lowest BCUT2D eigenvalue weighted by molar-refractivity contribution is -0.274. The van der Waals surface area contributed by atoms with Gasteiger partial charge in [-0.15, -0.1) is 18.3 Å². The number of amides is 1. The SMILES string of the molecule is COc1ccccc1-c1nc(NC(=O)c2ccccc2C)n(-c2ccc(OC(F)(F)F)cc2)n1. The fourth-order valence-electron chi connectivity index (χ4n) is 3.30. The van der Waals surface area contributed by atoms with Crippen LogP contribution in [0.25, 0.3) is 17.1 Å². The van der Waals surface area contributed by atoms with E-state index in [0.29, 0.717) is 22.6 Å². The Morgan fingerprint density at radius 2 is 1.65 bits per heavy atom. The molecule has 0 unspecified atom stereocenters. The second kappa shape index (κ2) is 9.26. The lowest BCUT2D eigenvalue weighted by Gasteiger charge is -2.11. The molecule has 0 aliphatic rings. The van der Waals surface area contributed by atoms with Gasteiger partial charge in [0.1, 0.15) is 11.5 Å². The van der Waals surface area contributed by atoms with Crippen LogP contribution in [0.1, 0.15) is 15.9 Å². The van der Waals surface area contributed by atoms with Gasteiger partial charge >= 0.3 is 6.36 Å². The maximum Gasteiger partial charge on any atom is 0.573 e. The van der Waals surface area contributed by atoms with Crippen LogP contribution >= 0.6 is 0 Å². The third kappa shape index (κ3) is 5.01. The lowest BCUT2D eigenvalue weighted by atomic mass is 10.1. The molecule has 1 N–H and O–H groups in total. The minimum atomic E-state index is -4.81. The number of ether oxygens (including phenoxy) is 2. The van der Waals surface area contributed by atoms with Crippen LogP contribution in [0.2, 0.25) is 0 Å². The number of aromatic nitrogens is 3. The van der Waals surface area contributed by atoms with Gasteiger partial charge in [-0.05, 0) is 55.0 Å². The van der Waals surface area contributed by atoms with Crippen LogP contribution in [0, 0.1) is 6.92 Å². The molecule has 3 aromatic carbocycles. The Hall–Kier alpha value is -4.34. The van der Waals surface area contributed by atoms with Crippen LogP contribution < -0.4 is 14.8 Å². The molecule has 0 spiro atoms. The Labute approximate surface area is 192 Å². The fraction of sp³-hybridized carbons (Fsp3) is 0.125. The van der Waals surface area contributed by atoms with Gasteiger partial charge in [0.25, 0.3) is 5.91 Å². The molecule has 0 aliphatic heterocycles. The van der Waals surface area contributed by atoms with Gasteiger partial charge in [-0.1, -0.05) is 30.3 Å². The molecule has 0 radical (unpaired) electrons. The topological polar surface area (TPSA) is 78.3 Å². The Kier molecular flexibility index (Phi) is 6.22. The third-order valence-electron chi connectivity index (χ3n) is 4.88. The number of rotatable bonds is 6. The van der Waals surface area contributed by atoms with Crippen LogP contribution in [0.3, 0.4) is 0 Å². The van der Waals surface area contributed by atoms with Crippen LogP contribution in [0.4, 0.5) is 19.1 Å². The smallest absolute Gasteiger partial charge is 0.496 e. The Morgan fingerprint density at radius 3 is 2.32 bits per heavy atom. The van der Waals surface area contributed by atoms with Crippen LogP contribution in [-0.2, 0) is 0 Å². The highest BCUT2D eigenvalue weighted by atomic mass is 19.4. The van der Waals surface area contributed by atoms with Gasteiger partial charge in [0.15, 0.2) is 5.82 Å². The summed E-state index contributed by atoms with van der Waals surface area (Å²) in [5.41, 5.74) is 2.16. The molecule has 0 aliphatic carbocycles. The van der Waals surface area contributed by atoms with Gasteiger partial charge in [-0.25, -0.2) is 0 Å². The van der Waals surface area contributed by atoms with E-state index in [4.69, 9.17) is 4.74 Å². The monoisotopic (exact) mass is 468 g/mol. The zero-order valence-corrected chi connectivity index (χ0v) is 18.1. The highest BCUT2D eigenvalue weighted by Crippen LogP contribution is 2.30. The largest absolute Gasteiger partial charge is 0.573 e. The Morgan fingerprint density at radius 1 is 0.971 bits per heavy atom. The van der Waals surface area contributed by atoms with Crippen LogP contribution in [0.15, 0.2) is 72.8 Å². The summed E-state index contributed by atoms with van der Waals surface area (Å²) < 4.78 is 48.2. The first-order valence-corrected chi connectivity index (χ1v) is 10.1. The number of hydrogen-bond acceptors (Lipinski definition) is 5. The van der Waals surface area contributed by atoms with E-state index in [-0.39, 0.29) is 17.5 Å². The average molecular weight is 468 g/mol. The summed E-state index contributed by atoms with van der Waals surface area (Å²) in [6.07, 6.45) is -4.81. The number of para-hydroxylation sites is 1. The van der Waals surface area contributed by atoms with E-state index in [2.05, 4.69) is 20.1 Å². The van der Waals surface area contributed by atoms with Crippen molar-refractivity contribution in [2.75, 3.05) is 12.4 Å². The number of hydrogen-bond donors (Lipinski definition) is 1. The van der Waals surface area contributed by atoms with E-state index in [1.165, 1.54) is 23.9 Å². The van der Waals surface area contributed by atoms with E-state index >= 15 is 0 Å². The van der Waals surface area contributed by atoms with Crippen molar-refractivity contribution in [2.45, 2.75) is 13.3 Å². The summed E-state index contributed by atoms with van der Waals surface area (Å²) in [4.78, 5) is 17.4. The number of halogens is 3. The Bertz CT molecular complexity index is 1320. The van der Waals surface area contributed by atoms with Gasteiger partial charge < -0.3 is 9.47 Å². The molecule has 1 amide bonds. The molecule has 0 fully saturated rings. The quantitative estimate of drug-likeness (QED) is 0.410. The molecule has 174 valence electrons. The number of carbonyl (C=O) groups excluding carboxylic acids is 1. The molecule has 4 aromatic rings. The number of nitrogens with one attached hydrogen (secondary N) is 1. The van der Waals surface area contributed by atoms with Crippen LogP contribution in [0.5, 0.6) is 11.5 Å². The molecule has 10 heteroatoms. The molecule has 4 rings (SSSR count). The van der Waals surface area contributed by atoms with Gasteiger partial charge in [0.2, 0.25) is 5.95 Å². The first-order valence-electron chi connectivity index (χ1n) is 10.1. The van der Waals surface area contributed by atoms with Crippen molar-refractivity contribution in [1.29, 1.82) is 0 Å². The van der Waals surface area contributed by atoms with Crippen molar-refractivity contribution in [3.63, 3.8) is 0 Å². The average Bonchev–Trinajstić information content (AvgIpc) is 3.22. The number of methoxy groups -OCH3 is 1. The number of anilines is 1. The van der Waals surface area contributed by atoms with Crippen molar-refractivity contribution >= 4 is 11.9 Å². The molecule has 1 aromatic heterocycles. The number of nitrogens with zero attached hydrogens (tertiary/aromatic N) is 3. The maximum atomic E-state index is 12.9. The van der Waals surface area contributed by atoms with Crippen molar-refractivity contribution in [3.8, 4) is 28.6 Å². The number of carbonyl (C=O) groups is 1.